The molecule has 7 nitrogen and oxygen atoms in total. The molecule has 1 saturated heterocycles. The zero-order valence-electron chi connectivity index (χ0n) is 19.3. The van der Waals surface area contributed by atoms with Crippen LogP contribution in [-0.2, 0) is 9.59 Å². The lowest BCUT2D eigenvalue weighted by atomic mass is 10.1. The van der Waals surface area contributed by atoms with Crippen molar-refractivity contribution >= 4 is 34.7 Å². The van der Waals surface area contributed by atoms with Crippen molar-refractivity contribution < 1.29 is 9.59 Å². The van der Waals surface area contributed by atoms with Gasteiger partial charge in [-0.15, -0.1) is 11.3 Å². The summed E-state index contributed by atoms with van der Waals surface area (Å²) in [5.41, 5.74) is 5.76. The van der Waals surface area contributed by atoms with E-state index in [0.29, 0.717) is 17.5 Å². The molecule has 0 bridgehead atoms. The van der Waals surface area contributed by atoms with Crippen LogP contribution in [0.5, 0.6) is 0 Å². The fourth-order valence-corrected chi connectivity index (χ4v) is 4.91. The first kappa shape index (κ1) is 22.0. The Labute approximate surface area is 202 Å². The van der Waals surface area contributed by atoms with Gasteiger partial charge in [0.15, 0.2) is 0 Å². The molecule has 4 aromatic rings. The molecule has 1 aliphatic heterocycles. The number of anilines is 2. The molecule has 2 aromatic carbocycles. The van der Waals surface area contributed by atoms with Gasteiger partial charge in [-0.1, -0.05) is 42.0 Å². The molecule has 0 saturated carbocycles. The van der Waals surface area contributed by atoms with Gasteiger partial charge in [0, 0.05) is 35.7 Å². The number of benzene rings is 2. The summed E-state index contributed by atoms with van der Waals surface area (Å²) in [5, 5.41) is 10.2. The largest absolute Gasteiger partial charge is 0.312 e. The first-order valence-electron chi connectivity index (χ1n) is 11.1. The van der Waals surface area contributed by atoms with Crippen LogP contribution in [0.15, 0.2) is 60.0 Å². The zero-order valence-corrected chi connectivity index (χ0v) is 20.1. The van der Waals surface area contributed by atoms with E-state index in [1.807, 2.05) is 61.7 Å². The normalized spacial score (nSPS) is 15.7. The molecule has 5 rings (SSSR count). The number of amides is 2. The summed E-state index contributed by atoms with van der Waals surface area (Å²) in [4.78, 5) is 32.2. The number of carbonyl (C=O) groups is 2. The van der Waals surface area contributed by atoms with Crippen molar-refractivity contribution in [2.45, 2.75) is 27.2 Å². The maximum atomic E-state index is 13.1. The van der Waals surface area contributed by atoms with E-state index >= 15 is 0 Å². The Morgan fingerprint density at radius 2 is 1.85 bits per heavy atom. The van der Waals surface area contributed by atoms with Crippen molar-refractivity contribution in [3.63, 3.8) is 0 Å². The van der Waals surface area contributed by atoms with Crippen LogP contribution in [0, 0.1) is 26.7 Å². The van der Waals surface area contributed by atoms with Gasteiger partial charge < -0.3 is 10.2 Å². The average molecular weight is 472 g/mol. The lowest BCUT2D eigenvalue weighted by Gasteiger charge is -2.17. The van der Waals surface area contributed by atoms with Gasteiger partial charge >= 0.3 is 0 Å². The number of hydrogen-bond acceptors (Lipinski definition) is 5. The lowest BCUT2D eigenvalue weighted by molar-refractivity contribution is -0.122. The van der Waals surface area contributed by atoms with E-state index in [1.165, 1.54) is 16.9 Å². The third kappa shape index (κ3) is 4.36. The quantitative estimate of drug-likeness (QED) is 0.448. The Morgan fingerprint density at radius 1 is 1.06 bits per heavy atom. The highest BCUT2D eigenvalue weighted by Crippen LogP contribution is 2.29. The molecule has 34 heavy (non-hydrogen) atoms. The monoisotopic (exact) mass is 471 g/mol. The van der Waals surface area contributed by atoms with Gasteiger partial charge in [-0.25, -0.2) is 4.98 Å². The highest BCUT2D eigenvalue weighted by Gasteiger charge is 2.35. The number of aryl methyl sites for hydroxylation is 3. The van der Waals surface area contributed by atoms with Gasteiger partial charge in [0.2, 0.25) is 16.9 Å². The average Bonchev–Trinajstić information content (AvgIpc) is 3.53. The molecule has 172 valence electrons. The molecule has 1 N–H and O–H groups in total. The number of nitrogens with zero attached hydrogens (tertiary/aromatic N) is 4. The van der Waals surface area contributed by atoms with E-state index in [-0.39, 0.29) is 18.2 Å². The first-order valence-corrected chi connectivity index (χ1v) is 12.0. The summed E-state index contributed by atoms with van der Waals surface area (Å²) in [6, 6.07) is 17.8. The summed E-state index contributed by atoms with van der Waals surface area (Å²) in [7, 11) is 0. The van der Waals surface area contributed by atoms with Crippen molar-refractivity contribution in [3.8, 4) is 16.4 Å². The van der Waals surface area contributed by atoms with Crippen molar-refractivity contribution in [2.24, 2.45) is 5.92 Å². The standard InChI is InChI=1S/C26H25N5O2S/c1-16-7-9-19(10-8-16)22-15-34-26(27-22)31-23(12-18(3)29-31)28-25(33)20-13-24(32)30(14-20)21-6-4-5-17(2)11-21/h4-12,15,20H,13-14H2,1-3H3,(H,28,33). The van der Waals surface area contributed by atoms with Crippen molar-refractivity contribution in [2.75, 3.05) is 16.8 Å². The predicted octanol–water partition coefficient (Wildman–Crippen LogP) is 4.91. The minimum Gasteiger partial charge on any atom is -0.312 e. The summed E-state index contributed by atoms with van der Waals surface area (Å²) in [6.07, 6.45) is 0.182. The fourth-order valence-electron chi connectivity index (χ4n) is 4.11. The van der Waals surface area contributed by atoms with Crippen LogP contribution in [0.3, 0.4) is 0 Å². The van der Waals surface area contributed by atoms with E-state index in [2.05, 4.69) is 29.5 Å². The third-order valence-electron chi connectivity index (χ3n) is 5.91. The summed E-state index contributed by atoms with van der Waals surface area (Å²) in [6.45, 7) is 6.27. The molecule has 1 atom stereocenters. The third-order valence-corrected chi connectivity index (χ3v) is 6.73. The number of hydrogen-bond donors (Lipinski definition) is 1. The number of aromatic nitrogens is 3. The van der Waals surface area contributed by atoms with E-state index < -0.39 is 5.92 Å². The Hall–Kier alpha value is -3.78. The van der Waals surface area contributed by atoms with Crippen LogP contribution < -0.4 is 10.2 Å². The Kier molecular flexibility index (Phi) is 5.75. The molecular weight excluding hydrogens is 446 g/mol. The lowest BCUT2D eigenvalue weighted by Crippen LogP contribution is -2.28. The second kappa shape index (κ2) is 8.87. The van der Waals surface area contributed by atoms with Crippen molar-refractivity contribution in [1.29, 1.82) is 0 Å². The molecule has 8 heteroatoms. The van der Waals surface area contributed by atoms with E-state index in [0.717, 1.165) is 28.2 Å². The second-order valence-electron chi connectivity index (χ2n) is 8.70. The topological polar surface area (TPSA) is 80.1 Å². The maximum Gasteiger partial charge on any atom is 0.230 e. The summed E-state index contributed by atoms with van der Waals surface area (Å²) in [5.74, 6) is -0.122. The van der Waals surface area contributed by atoms with Crippen LogP contribution in [0.25, 0.3) is 16.4 Å². The molecule has 2 aromatic heterocycles. The van der Waals surface area contributed by atoms with Crippen LogP contribution in [0.2, 0.25) is 0 Å². The van der Waals surface area contributed by atoms with Crippen molar-refractivity contribution in [3.05, 3.63) is 76.8 Å². The van der Waals surface area contributed by atoms with Gasteiger partial charge in [0.25, 0.3) is 0 Å². The van der Waals surface area contributed by atoms with Crippen LogP contribution in [-0.4, -0.2) is 33.1 Å². The minimum atomic E-state index is -0.434. The van der Waals surface area contributed by atoms with Gasteiger partial charge in [-0.3, -0.25) is 9.59 Å². The van der Waals surface area contributed by atoms with Gasteiger partial charge in [0.05, 0.1) is 17.3 Å². The maximum absolute atomic E-state index is 13.1. The van der Waals surface area contributed by atoms with Crippen LogP contribution >= 0.6 is 11.3 Å². The molecule has 1 aliphatic rings. The Balaban J connectivity index is 1.34. The number of carbonyl (C=O) groups excluding carboxylic acids is 2. The highest BCUT2D eigenvalue weighted by molar-refractivity contribution is 7.12. The van der Waals surface area contributed by atoms with E-state index in [1.54, 1.807) is 9.58 Å². The van der Waals surface area contributed by atoms with Crippen LogP contribution in [0.4, 0.5) is 11.5 Å². The molecule has 3 heterocycles. The molecular formula is C26H25N5O2S. The van der Waals surface area contributed by atoms with Gasteiger partial charge in [-0.05, 0) is 38.5 Å². The van der Waals surface area contributed by atoms with Gasteiger partial charge in [0.1, 0.15) is 5.82 Å². The molecule has 1 unspecified atom stereocenters. The number of nitrogens with one attached hydrogen (secondary N) is 1. The molecule has 1 fully saturated rings. The SMILES string of the molecule is Cc1ccc(-c2csc(-n3nc(C)cc3NC(=O)C3CC(=O)N(c4cccc(C)c4)C3)n2)cc1. The van der Waals surface area contributed by atoms with E-state index in [4.69, 9.17) is 4.98 Å². The minimum absolute atomic E-state index is 0.0434. The fraction of sp³-hybridized carbons (Fsp3) is 0.231. The second-order valence-corrected chi connectivity index (χ2v) is 9.53. The summed E-state index contributed by atoms with van der Waals surface area (Å²) >= 11 is 1.46. The Morgan fingerprint density at radius 3 is 2.62 bits per heavy atom. The molecule has 0 radical (unpaired) electrons. The predicted molar refractivity (Wildman–Crippen MR) is 134 cm³/mol. The summed E-state index contributed by atoms with van der Waals surface area (Å²) < 4.78 is 1.66. The highest BCUT2D eigenvalue weighted by atomic mass is 32.1. The molecule has 0 aliphatic carbocycles. The van der Waals surface area contributed by atoms with E-state index in [9.17, 15) is 9.59 Å². The van der Waals surface area contributed by atoms with Crippen LogP contribution in [0.1, 0.15) is 23.2 Å². The Bertz CT molecular complexity index is 1370. The first-order chi connectivity index (χ1) is 16.4. The smallest absolute Gasteiger partial charge is 0.230 e. The number of thiazole rings is 1. The zero-order chi connectivity index (χ0) is 23.8. The van der Waals surface area contributed by atoms with Crippen molar-refractivity contribution in [1.82, 2.24) is 14.8 Å². The van der Waals surface area contributed by atoms with Gasteiger partial charge in [-0.2, -0.15) is 9.78 Å². The molecule has 0 spiro atoms. The molecule has 2 amide bonds. The number of rotatable bonds is 5.